The van der Waals surface area contributed by atoms with Gasteiger partial charge in [-0.25, -0.2) is 4.39 Å². The van der Waals surface area contributed by atoms with E-state index in [1.54, 1.807) is 0 Å². The van der Waals surface area contributed by atoms with Crippen molar-refractivity contribution in [2.75, 3.05) is 0 Å². The van der Waals surface area contributed by atoms with E-state index in [1.807, 2.05) is 0 Å². The average Bonchev–Trinajstić information content (AvgIpc) is 2.41. The number of phenols is 1. The van der Waals surface area contributed by atoms with Gasteiger partial charge in [-0.15, -0.1) is 0 Å². The maximum atomic E-state index is 13.4. The second-order valence-electron chi connectivity index (χ2n) is 4.12. The molecule has 2 aromatic carbocycles. The molecule has 2 amide bonds. The third kappa shape index (κ3) is 2.31. The van der Waals surface area contributed by atoms with Gasteiger partial charge in [-0.2, -0.15) is 0 Å². The summed E-state index contributed by atoms with van der Waals surface area (Å²) in [6.45, 7) is 0. The molecule has 0 atom stereocenters. The van der Waals surface area contributed by atoms with Crippen molar-refractivity contribution in [1.29, 1.82) is 0 Å². The van der Waals surface area contributed by atoms with Gasteiger partial charge in [0.05, 0.1) is 0 Å². The Hall–Kier alpha value is -2.89. The fourth-order valence-corrected chi connectivity index (χ4v) is 1.94. The van der Waals surface area contributed by atoms with Gasteiger partial charge in [0.2, 0.25) is 11.8 Å². The molecule has 0 radical (unpaired) electrons. The lowest BCUT2D eigenvalue weighted by Gasteiger charge is -2.11. The fraction of sp³-hybridized carbons (Fsp3) is 0. The summed E-state index contributed by atoms with van der Waals surface area (Å²) in [6.07, 6.45) is 0. The van der Waals surface area contributed by atoms with Crippen LogP contribution in [0.5, 0.6) is 5.75 Å². The minimum absolute atomic E-state index is 0.0476. The number of hydrogen-bond donors (Lipinski definition) is 3. The molecule has 0 saturated carbocycles. The van der Waals surface area contributed by atoms with Crippen LogP contribution in [0.1, 0.15) is 20.7 Å². The lowest BCUT2D eigenvalue weighted by molar-refractivity contribution is 0.0999. The monoisotopic (exact) mass is 274 g/mol. The molecule has 20 heavy (non-hydrogen) atoms. The third-order valence-electron chi connectivity index (χ3n) is 2.83. The molecule has 0 unspecified atom stereocenters. The van der Waals surface area contributed by atoms with Crippen molar-refractivity contribution in [1.82, 2.24) is 0 Å². The van der Waals surface area contributed by atoms with E-state index in [9.17, 15) is 19.1 Å². The molecule has 0 fully saturated rings. The Morgan fingerprint density at radius 3 is 2.00 bits per heavy atom. The van der Waals surface area contributed by atoms with Crippen LogP contribution in [0.15, 0.2) is 36.4 Å². The van der Waals surface area contributed by atoms with Gasteiger partial charge >= 0.3 is 0 Å². The first-order valence-corrected chi connectivity index (χ1v) is 5.63. The van der Waals surface area contributed by atoms with Crippen molar-refractivity contribution < 1.29 is 19.1 Å². The number of rotatable bonds is 3. The minimum Gasteiger partial charge on any atom is -0.505 e. The average molecular weight is 274 g/mol. The van der Waals surface area contributed by atoms with Crippen LogP contribution in [-0.2, 0) is 0 Å². The lowest BCUT2D eigenvalue weighted by Crippen LogP contribution is -2.18. The molecule has 0 aliphatic carbocycles. The van der Waals surface area contributed by atoms with Crippen molar-refractivity contribution in [2.24, 2.45) is 11.5 Å². The first kappa shape index (κ1) is 13.5. The molecular formula is C14H11FN2O3. The number of carbonyl (C=O) groups excluding carboxylic acids is 2. The van der Waals surface area contributed by atoms with Crippen molar-refractivity contribution in [3.63, 3.8) is 0 Å². The zero-order valence-corrected chi connectivity index (χ0v) is 10.3. The molecule has 0 aliphatic rings. The minimum atomic E-state index is -0.878. The molecule has 5 nitrogen and oxygen atoms in total. The Morgan fingerprint density at radius 2 is 1.55 bits per heavy atom. The second kappa shape index (κ2) is 5.00. The Labute approximate surface area is 113 Å². The molecule has 2 rings (SSSR count). The quantitative estimate of drug-likeness (QED) is 0.787. The van der Waals surface area contributed by atoms with E-state index in [2.05, 4.69) is 0 Å². The number of halogens is 1. The Bertz CT molecular complexity index is 681. The molecule has 0 aromatic heterocycles. The van der Waals surface area contributed by atoms with E-state index < -0.39 is 23.4 Å². The Balaban J connectivity index is 2.79. The first-order valence-electron chi connectivity index (χ1n) is 5.63. The maximum Gasteiger partial charge on any atom is 0.249 e. The number of aromatic hydroxyl groups is 1. The van der Waals surface area contributed by atoms with Gasteiger partial charge in [0.15, 0.2) is 11.6 Å². The third-order valence-corrected chi connectivity index (χ3v) is 2.83. The van der Waals surface area contributed by atoms with Crippen LogP contribution in [0.25, 0.3) is 11.1 Å². The van der Waals surface area contributed by atoms with Gasteiger partial charge in [0.25, 0.3) is 0 Å². The SMILES string of the molecule is NC(=O)c1cccc(C(N)=O)c1-c1ccc(O)c(F)c1. The summed E-state index contributed by atoms with van der Waals surface area (Å²) >= 11 is 0. The standard InChI is InChI=1S/C14H11FN2O3/c15-10-6-7(4-5-11(10)18)12-8(13(16)19)2-1-3-9(12)14(17)20/h1-6,18H,(H2,16,19)(H2,17,20). The highest BCUT2D eigenvalue weighted by molar-refractivity contribution is 6.08. The van der Waals surface area contributed by atoms with Gasteiger partial charge in [-0.3, -0.25) is 9.59 Å². The molecule has 0 aliphatic heterocycles. The van der Waals surface area contributed by atoms with Crippen molar-refractivity contribution in [3.05, 3.63) is 53.3 Å². The number of hydrogen-bond acceptors (Lipinski definition) is 3. The van der Waals surface area contributed by atoms with Crippen LogP contribution in [0.2, 0.25) is 0 Å². The summed E-state index contributed by atoms with van der Waals surface area (Å²) in [5.41, 5.74) is 11.0. The van der Waals surface area contributed by atoms with Gasteiger partial charge in [-0.05, 0) is 29.8 Å². The Morgan fingerprint density at radius 1 is 1.00 bits per heavy atom. The van der Waals surface area contributed by atoms with E-state index in [0.717, 1.165) is 12.1 Å². The highest BCUT2D eigenvalue weighted by Gasteiger charge is 2.18. The highest BCUT2D eigenvalue weighted by atomic mass is 19.1. The topological polar surface area (TPSA) is 106 Å². The largest absolute Gasteiger partial charge is 0.505 e. The second-order valence-corrected chi connectivity index (χ2v) is 4.12. The smallest absolute Gasteiger partial charge is 0.249 e. The molecule has 0 bridgehead atoms. The zero-order chi connectivity index (χ0) is 14.9. The maximum absolute atomic E-state index is 13.4. The summed E-state index contributed by atoms with van der Waals surface area (Å²) in [5, 5.41) is 9.19. The van der Waals surface area contributed by atoms with E-state index in [0.29, 0.717) is 0 Å². The summed E-state index contributed by atoms with van der Waals surface area (Å²) in [4.78, 5) is 22.9. The van der Waals surface area contributed by atoms with Crippen molar-refractivity contribution in [2.45, 2.75) is 0 Å². The molecule has 5 N–H and O–H groups in total. The predicted octanol–water partition coefficient (Wildman–Crippen LogP) is 1.40. The van der Waals surface area contributed by atoms with Gasteiger partial charge in [0, 0.05) is 16.7 Å². The fourth-order valence-electron chi connectivity index (χ4n) is 1.94. The summed E-state index contributed by atoms with van der Waals surface area (Å²) in [7, 11) is 0. The molecule has 102 valence electrons. The molecule has 6 heteroatoms. The lowest BCUT2D eigenvalue weighted by atomic mass is 9.93. The molecule has 0 heterocycles. The molecule has 2 aromatic rings. The summed E-state index contributed by atoms with van der Waals surface area (Å²) in [6, 6.07) is 7.77. The predicted molar refractivity (Wildman–Crippen MR) is 70.5 cm³/mol. The van der Waals surface area contributed by atoms with Crippen LogP contribution in [-0.4, -0.2) is 16.9 Å². The van der Waals surface area contributed by atoms with Gasteiger partial charge in [0.1, 0.15) is 0 Å². The first-order chi connectivity index (χ1) is 9.41. The number of amides is 2. The number of carbonyl (C=O) groups is 2. The van der Waals surface area contributed by atoms with E-state index in [-0.39, 0.29) is 22.3 Å². The Kier molecular flexibility index (Phi) is 3.39. The van der Waals surface area contributed by atoms with Crippen molar-refractivity contribution in [3.8, 4) is 16.9 Å². The summed E-state index contributed by atoms with van der Waals surface area (Å²) < 4.78 is 13.4. The van der Waals surface area contributed by atoms with E-state index in [4.69, 9.17) is 11.5 Å². The van der Waals surface area contributed by atoms with Gasteiger partial charge in [-0.1, -0.05) is 12.1 Å². The number of phenolic OH excluding ortho intramolecular Hbond substituents is 1. The van der Waals surface area contributed by atoms with Crippen molar-refractivity contribution >= 4 is 11.8 Å². The zero-order valence-electron chi connectivity index (χ0n) is 10.3. The van der Waals surface area contributed by atoms with Crippen LogP contribution in [0.3, 0.4) is 0 Å². The van der Waals surface area contributed by atoms with Crippen LogP contribution in [0, 0.1) is 5.82 Å². The molecule has 0 saturated heterocycles. The molecule has 0 spiro atoms. The number of nitrogens with two attached hydrogens (primary N) is 2. The summed E-state index contributed by atoms with van der Waals surface area (Å²) in [5.74, 6) is -2.95. The number of primary amides is 2. The van der Waals surface area contributed by atoms with E-state index in [1.165, 1.54) is 24.3 Å². The molecular weight excluding hydrogens is 263 g/mol. The van der Waals surface area contributed by atoms with Crippen LogP contribution in [0.4, 0.5) is 4.39 Å². The van der Waals surface area contributed by atoms with Crippen LogP contribution >= 0.6 is 0 Å². The van der Waals surface area contributed by atoms with E-state index >= 15 is 0 Å². The normalized spacial score (nSPS) is 10.2. The highest BCUT2D eigenvalue weighted by Crippen LogP contribution is 2.30. The number of benzene rings is 2. The van der Waals surface area contributed by atoms with Crippen LogP contribution < -0.4 is 11.5 Å². The van der Waals surface area contributed by atoms with Gasteiger partial charge < -0.3 is 16.6 Å².